The van der Waals surface area contributed by atoms with E-state index in [1.54, 1.807) is 11.3 Å². The zero-order chi connectivity index (χ0) is 11.1. The van der Waals surface area contributed by atoms with Gasteiger partial charge in [0.15, 0.2) is 0 Å². The van der Waals surface area contributed by atoms with E-state index in [0.717, 1.165) is 18.7 Å². The molecule has 1 aromatic heterocycles. The van der Waals surface area contributed by atoms with Gasteiger partial charge in [-0.05, 0) is 35.7 Å². The molecular formula is C11H15NO2S. The topological polar surface area (TPSA) is 38.3 Å². The summed E-state index contributed by atoms with van der Waals surface area (Å²) in [5, 5.41) is 7.34. The summed E-state index contributed by atoms with van der Waals surface area (Å²) >= 11 is 1.70. The van der Waals surface area contributed by atoms with Gasteiger partial charge < -0.3 is 10.1 Å². The summed E-state index contributed by atoms with van der Waals surface area (Å²) in [5.74, 6) is -0.324. The van der Waals surface area contributed by atoms with Gasteiger partial charge in [-0.25, -0.2) is 4.79 Å². The molecule has 0 unspecified atom stereocenters. The zero-order valence-electron chi connectivity index (χ0n) is 8.95. The number of ether oxygens (including phenoxy) is 1. The van der Waals surface area contributed by atoms with E-state index < -0.39 is 0 Å². The maximum absolute atomic E-state index is 10.9. The Bertz CT molecular complexity index is 330. The third-order valence-corrected chi connectivity index (χ3v) is 2.67. The Morgan fingerprint density at radius 2 is 2.47 bits per heavy atom. The summed E-state index contributed by atoms with van der Waals surface area (Å²) in [6, 6.07) is 2.10. The number of rotatable bonds is 5. The minimum absolute atomic E-state index is 0.324. The molecule has 1 heterocycles. The number of nitrogens with one attached hydrogen (secondary N) is 1. The van der Waals surface area contributed by atoms with Crippen molar-refractivity contribution in [1.29, 1.82) is 0 Å². The second-order valence-electron chi connectivity index (χ2n) is 3.16. The maximum Gasteiger partial charge on any atom is 0.332 e. The molecule has 0 amide bonds. The summed E-state index contributed by atoms with van der Waals surface area (Å²) in [5.41, 5.74) is 2.15. The molecule has 0 aliphatic carbocycles. The van der Waals surface area contributed by atoms with Gasteiger partial charge in [0.25, 0.3) is 0 Å². The minimum atomic E-state index is -0.324. The monoisotopic (exact) mass is 225 g/mol. The Hall–Kier alpha value is -1.29. The highest BCUT2D eigenvalue weighted by molar-refractivity contribution is 7.07. The molecule has 0 aromatic carbocycles. The Balaban J connectivity index is 2.25. The number of thiophene rings is 1. The summed E-state index contributed by atoms with van der Waals surface area (Å²) in [6.45, 7) is 2.68. The second-order valence-corrected chi connectivity index (χ2v) is 3.94. The number of carbonyl (C=O) groups is 1. The van der Waals surface area contributed by atoms with E-state index in [1.165, 1.54) is 18.7 Å². The molecule has 1 N–H and O–H groups in total. The number of carbonyl (C=O) groups excluding carboxylic acids is 1. The van der Waals surface area contributed by atoms with Crippen molar-refractivity contribution < 1.29 is 9.53 Å². The molecule has 0 aliphatic heterocycles. The molecule has 4 heteroatoms. The first-order chi connectivity index (χ1) is 7.22. The van der Waals surface area contributed by atoms with Crippen LogP contribution in [-0.2, 0) is 16.0 Å². The first kappa shape index (κ1) is 11.8. The molecule has 0 aliphatic rings. The van der Waals surface area contributed by atoms with Crippen molar-refractivity contribution in [2.45, 2.75) is 13.3 Å². The van der Waals surface area contributed by atoms with Crippen molar-refractivity contribution in [3.05, 3.63) is 34.2 Å². The summed E-state index contributed by atoms with van der Waals surface area (Å²) in [4.78, 5) is 10.9. The highest BCUT2D eigenvalue weighted by atomic mass is 32.1. The molecule has 0 saturated carbocycles. The van der Waals surface area contributed by atoms with Crippen LogP contribution in [0.15, 0.2) is 28.6 Å². The molecule has 0 saturated heterocycles. The van der Waals surface area contributed by atoms with Crippen LogP contribution in [0.1, 0.15) is 12.5 Å². The van der Waals surface area contributed by atoms with Gasteiger partial charge in [0, 0.05) is 18.3 Å². The lowest BCUT2D eigenvalue weighted by Crippen LogP contribution is -2.16. The van der Waals surface area contributed by atoms with Crippen molar-refractivity contribution in [3.8, 4) is 0 Å². The zero-order valence-corrected chi connectivity index (χ0v) is 9.76. The van der Waals surface area contributed by atoms with E-state index >= 15 is 0 Å². The van der Waals surface area contributed by atoms with E-state index in [9.17, 15) is 4.79 Å². The van der Waals surface area contributed by atoms with Gasteiger partial charge in [-0.1, -0.05) is 0 Å². The highest BCUT2D eigenvalue weighted by Crippen LogP contribution is 2.05. The predicted molar refractivity (Wildman–Crippen MR) is 61.8 cm³/mol. The summed E-state index contributed by atoms with van der Waals surface area (Å²) < 4.78 is 4.52. The number of hydrogen-bond donors (Lipinski definition) is 1. The molecule has 0 spiro atoms. The SMILES string of the molecule is COC(=O)C=C(C)NCCc1ccsc1. The predicted octanol–water partition coefficient (Wildman–Crippen LogP) is 1.96. The Kier molecular flexibility index (Phi) is 4.90. The van der Waals surface area contributed by atoms with E-state index in [1.807, 2.05) is 6.92 Å². The minimum Gasteiger partial charge on any atom is -0.466 e. The maximum atomic E-state index is 10.9. The fourth-order valence-electron chi connectivity index (χ4n) is 1.13. The average Bonchev–Trinajstić information content (AvgIpc) is 2.70. The van der Waals surface area contributed by atoms with E-state index in [0.29, 0.717) is 0 Å². The van der Waals surface area contributed by atoms with Gasteiger partial charge in [-0.3, -0.25) is 0 Å². The number of allylic oxidation sites excluding steroid dienone is 1. The van der Waals surface area contributed by atoms with Crippen LogP contribution in [-0.4, -0.2) is 19.6 Å². The number of esters is 1. The molecule has 3 nitrogen and oxygen atoms in total. The molecule has 0 atom stereocenters. The first-order valence-corrected chi connectivity index (χ1v) is 5.68. The standard InChI is InChI=1S/C11H15NO2S/c1-9(7-11(13)14-2)12-5-3-10-4-6-15-8-10/h4,6-8,12H,3,5H2,1-2H3. The van der Waals surface area contributed by atoms with Gasteiger partial charge in [-0.2, -0.15) is 11.3 Å². The Labute approximate surface area is 93.8 Å². The molecular weight excluding hydrogens is 210 g/mol. The normalized spacial score (nSPS) is 11.2. The van der Waals surface area contributed by atoms with Crippen LogP contribution in [0.5, 0.6) is 0 Å². The molecule has 15 heavy (non-hydrogen) atoms. The molecule has 0 radical (unpaired) electrons. The lowest BCUT2D eigenvalue weighted by Gasteiger charge is -2.04. The fraction of sp³-hybridized carbons (Fsp3) is 0.364. The van der Waals surface area contributed by atoms with Crippen LogP contribution >= 0.6 is 11.3 Å². The Morgan fingerprint density at radius 3 is 3.07 bits per heavy atom. The molecule has 1 rings (SSSR count). The van der Waals surface area contributed by atoms with Gasteiger partial charge in [-0.15, -0.1) is 0 Å². The van der Waals surface area contributed by atoms with E-state index in [2.05, 4.69) is 26.9 Å². The lowest BCUT2D eigenvalue weighted by molar-refractivity contribution is -0.134. The quantitative estimate of drug-likeness (QED) is 0.615. The lowest BCUT2D eigenvalue weighted by atomic mass is 10.2. The number of methoxy groups -OCH3 is 1. The van der Waals surface area contributed by atoms with Crippen molar-refractivity contribution >= 4 is 17.3 Å². The Morgan fingerprint density at radius 1 is 1.67 bits per heavy atom. The molecule has 0 fully saturated rings. The largest absolute Gasteiger partial charge is 0.466 e. The first-order valence-electron chi connectivity index (χ1n) is 4.73. The fourth-order valence-corrected chi connectivity index (χ4v) is 1.83. The van der Waals surface area contributed by atoms with Gasteiger partial charge in [0.05, 0.1) is 7.11 Å². The summed E-state index contributed by atoms with van der Waals surface area (Å²) in [7, 11) is 1.37. The van der Waals surface area contributed by atoms with E-state index in [4.69, 9.17) is 0 Å². The van der Waals surface area contributed by atoms with Gasteiger partial charge in [0.2, 0.25) is 0 Å². The third-order valence-electron chi connectivity index (χ3n) is 1.93. The van der Waals surface area contributed by atoms with Crippen molar-refractivity contribution in [3.63, 3.8) is 0 Å². The van der Waals surface area contributed by atoms with Crippen molar-refractivity contribution in [2.75, 3.05) is 13.7 Å². The summed E-state index contributed by atoms with van der Waals surface area (Å²) in [6.07, 6.45) is 2.42. The number of hydrogen-bond acceptors (Lipinski definition) is 4. The van der Waals surface area contributed by atoms with Crippen LogP contribution in [0.4, 0.5) is 0 Å². The molecule has 82 valence electrons. The smallest absolute Gasteiger partial charge is 0.332 e. The third kappa shape index (κ3) is 4.65. The van der Waals surface area contributed by atoms with E-state index in [-0.39, 0.29) is 5.97 Å². The highest BCUT2D eigenvalue weighted by Gasteiger charge is 1.96. The van der Waals surface area contributed by atoms with Crippen LogP contribution in [0.2, 0.25) is 0 Å². The van der Waals surface area contributed by atoms with Crippen molar-refractivity contribution in [2.24, 2.45) is 0 Å². The van der Waals surface area contributed by atoms with Crippen LogP contribution in [0.25, 0.3) is 0 Å². The molecule has 1 aromatic rings. The van der Waals surface area contributed by atoms with Crippen molar-refractivity contribution in [1.82, 2.24) is 5.32 Å². The van der Waals surface area contributed by atoms with Crippen LogP contribution in [0.3, 0.4) is 0 Å². The van der Waals surface area contributed by atoms with Crippen LogP contribution < -0.4 is 5.32 Å². The van der Waals surface area contributed by atoms with Crippen LogP contribution in [0, 0.1) is 0 Å². The average molecular weight is 225 g/mol. The molecule has 0 bridgehead atoms. The second kappa shape index (κ2) is 6.24. The van der Waals surface area contributed by atoms with Gasteiger partial charge >= 0.3 is 5.97 Å². The van der Waals surface area contributed by atoms with Gasteiger partial charge in [0.1, 0.15) is 0 Å².